The van der Waals surface area contributed by atoms with Crippen molar-refractivity contribution in [3.8, 4) is 0 Å². The highest BCUT2D eigenvalue weighted by Gasteiger charge is 2.44. The molecule has 5 amide bonds. The number of aromatic nitrogens is 8. The smallest absolute Gasteiger partial charge is 0.410 e. The van der Waals surface area contributed by atoms with E-state index in [4.69, 9.17) is 14.7 Å². The van der Waals surface area contributed by atoms with Crippen molar-refractivity contribution in [1.82, 2.24) is 68.9 Å². The predicted molar refractivity (Wildman–Crippen MR) is 298 cm³/mol. The molecule has 79 heavy (non-hydrogen) atoms. The monoisotopic (exact) mass is 1080 g/mol. The van der Waals surface area contributed by atoms with Crippen LogP contribution in [0.3, 0.4) is 0 Å². The standard InChI is InChI=1S/C31H40N8O4.C26H32N8O2/c1-31(2,3)43-30(42)38-17-19-12-23(38)18-37(16-19)27(40)20-10-11-25(32-14-20)34-29-33-15-21-13-24(28(41)36(4)5)39(26(21)35-29)22-8-6-7-9-22;1-32(2)25(36)21-10-18-13-29-26(31-23(18)34(21)20-5-3-4-6-20)30-22-8-7-17(12-28-22)24(35)33-14-16-9-19(15-33)27-11-16/h10-11,13-15,19,22-23H,6-9,12,16-18H2,1-5H3,(H,32,33,34,35);7-8,10,12-13,16,19-20,27H,3-6,9,11,14-15H2,1-2H3,(H,28,29,30,31). The summed E-state index contributed by atoms with van der Waals surface area (Å²) in [7, 11) is 7.05. The van der Waals surface area contributed by atoms with Gasteiger partial charge in [0.25, 0.3) is 23.6 Å². The molecule has 6 aliphatic rings. The van der Waals surface area contributed by atoms with E-state index in [1.165, 1.54) is 0 Å². The van der Waals surface area contributed by atoms with Crippen LogP contribution in [0.25, 0.3) is 22.1 Å². The van der Waals surface area contributed by atoms with E-state index < -0.39 is 5.60 Å². The Morgan fingerprint density at radius 1 is 0.595 bits per heavy atom. The molecular weight excluding hydrogens is 1000 g/mol. The first kappa shape index (κ1) is 53.3. The summed E-state index contributed by atoms with van der Waals surface area (Å²) >= 11 is 0. The van der Waals surface area contributed by atoms with E-state index in [1.54, 1.807) is 91.9 Å². The van der Waals surface area contributed by atoms with Gasteiger partial charge in [0, 0.05) is 121 Å². The molecule has 0 spiro atoms. The first-order valence-corrected chi connectivity index (χ1v) is 27.9. The fraction of sp³-hybridized carbons (Fsp3) is 0.526. The topological polar surface area (TPSA) is 234 Å². The van der Waals surface area contributed by atoms with Crippen molar-refractivity contribution in [3.63, 3.8) is 0 Å². The number of hydrogen-bond donors (Lipinski definition) is 3. The zero-order valence-corrected chi connectivity index (χ0v) is 46.3. The lowest BCUT2D eigenvalue weighted by atomic mass is 9.99. The molecule has 4 aliphatic heterocycles. The molecule has 4 atom stereocenters. The fourth-order valence-corrected chi connectivity index (χ4v) is 12.4. The Morgan fingerprint density at radius 2 is 1.09 bits per heavy atom. The van der Waals surface area contributed by atoms with E-state index in [0.717, 1.165) is 106 Å². The van der Waals surface area contributed by atoms with Gasteiger partial charge in [0.15, 0.2) is 0 Å². The van der Waals surface area contributed by atoms with Crippen LogP contribution >= 0.6 is 0 Å². The van der Waals surface area contributed by atoms with Gasteiger partial charge in [0.2, 0.25) is 11.9 Å². The Kier molecular flexibility index (Phi) is 14.7. The minimum Gasteiger partial charge on any atom is -0.444 e. The number of carbonyl (C=O) groups excluding carboxylic acids is 5. The molecule has 0 radical (unpaired) electrons. The Labute approximate surface area is 459 Å². The number of amides is 5. The van der Waals surface area contributed by atoms with Gasteiger partial charge in [-0.3, -0.25) is 19.2 Å². The maximum Gasteiger partial charge on any atom is 0.410 e. The highest BCUT2D eigenvalue weighted by atomic mass is 16.6. The van der Waals surface area contributed by atoms with E-state index in [0.29, 0.717) is 77.6 Å². The third kappa shape index (κ3) is 11.3. The molecule has 22 heteroatoms. The minimum atomic E-state index is -0.560. The average Bonchev–Trinajstić information content (AvgIpc) is 4.52. The normalized spacial score (nSPS) is 21.1. The molecule has 416 valence electrons. The molecule has 0 aromatic carbocycles. The molecule has 10 heterocycles. The van der Waals surface area contributed by atoms with E-state index >= 15 is 0 Å². The molecule has 4 unspecified atom stereocenters. The quantitative estimate of drug-likeness (QED) is 0.122. The van der Waals surface area contributed by atoms with Gasteiger partial charge in [-0.1, -0.05) is 25.7 Å². The Hall–Kier alpha value is -7.75. The molecule has 22 nitrogen and oxygen atoms in total. The van der Waals surface area contributed by atoms with Crippen LogP contribution in [0.4, 0.5) is 28.3 Å². The summed E-state index contributed by atoms with van der Waals surface area (Å²) in [6.45, 7) is 9.80. The third-order valence-corrected chi connectivity index (χ3v) is 16.1. The van der Waals surface area contributed by atoms with Crippen molar-refractivity contribution < 1.29 is 28.7 Å². The number of likely N-dealkylation sites (tertiary alicyclic amines) is 3. The molecule has 6 aromatic rings. The Morgan fingerprint density at radius 3 is 1.54 bits per heavy atom. The van der Waals surface area contributed by atoms with E-state index in [9.17, 15) is 24.0 Å². The second-order valence-corrected chi connectivity index (χ2v) is 23.6. The number of nitrogens with zero attached hydrogens (tertiary/aromatic N) is 13. The molecular formula is C57H72N16O6. The SMILES string of the molecule is CN(C)C(=O)c1cc2cnc(Nc3ccc(C(=O)N4CC5CC(C4)N(C(=O)OC(C)(C)C)C5)cn3)nc2n1C1CCCC1.CN(C)C(=O)c1cc2cnc(Nc3ccc(C(=O)N4CC5CNC(C5)C4)cn3)nc2n1C1CCCC1. The van der Waals surface area contributed by atoms with Gasteiger partial charge in [0.05, 0.1) is 17.2 Å². The van der Waals surface area contributed by atoms with Gasteiger partial charge < -0.3 is 54.3 Å². The zero-order valence-electron chi connectivity index (χ0n) is 46.3. The van der Waals surface area contributed by atoms with E-state index in [1.807, 2.05) is 42.7 Å². The van der Waals surface area contributed by atoms with Crippen LogP contribution in [0.5, 0.6) is 0 Å². The highest BCUT2D eigenvalue weighted by Crippen LogP contribution is 2.37. The molecule has 2 saturated carbocycles. The number of carbonyl (C=O) groups is 5. The summed E-state index contributed by atoms with van der Waals surface area (Å²) < 4.78 is 9.75. The molecule has 6 fully saturated rings. The van der Waals surface area contributed by atoms with Gasteiger partial charge in [0.1, 0.15) is 39.9 Å². The molecule has 4 saturated heterocycles. The summed E-state index contributed by atoms with van der Waals surface area (Å²) in [5.41, 5.74) is 3.26. The lowest BCUT2D eigenvalue weighted by Gasteiger charge is -2.33. The van der Waals surface area contributed by atoms with Crippen LogP contribution in [0.15, 0.2) is 61.2 Å². The third-order valence-electron chi connectivity index (χ3n) is 16.1. The van der Waals surface area contributed by atoms with Crippen LogP contribution in [0, 0.1) is 11.8 Å². The lowest BCUT2D eigenvalue weighted by molar-refractivity contribution is 0.0207. The lowest BCUT2D eigenvalue weighted by Crippen LogP contribution is -2.47. The highest BCUT2D eigenvalue weighted by molar-refractivity contribution is 5.99. The maximum absolute atomic E-state index is 13.4. The van der Waals surface area contributed by atoms with Gasteiger partial charge in [-0.25, -0.2) is 24.7 Å². The van der Waals surface area contributed by atoms with Crippen molar-refractivity contribution in [1.29, 1.82) is 0 Å². The summed E-state index contributed by atoms with van der Waals surface area (Å²) in [6, 6.07) is 11.7. The van der Waals surface area contributed by atoms with E-state index in [-0.39, 0.29) is 53.8 Å². The second kappa shape index (κ2) is 21.8. The maximum atomic E-state index is 13.4. The minimum absolute atomic E-state index is 0.0256. The molecule has 12 rings (SSSR count). The number of nitrogens with one attached hydrogen (secondary N) is 3. The first-order valence-electron chi connectivity index (χ1n) is 27.9. The number of hydrogen-bond acceptors (Lipinski definition) is 15. The van der Waals surface area contributed by atoms with Crippen LogP contribution in [0.1, 0.15) is 139 Å². The number of rotatable bonds is 10. The van der Waals surface area contributed by atoms with Gasteiger partial charge >= 0.3 is 6.09 Å². The number of piperidine rings is 2. The van der Waals surface area contributed by atoms with Crippen LogP contribution < -0.4 is 16.0 Å². The average molecular weight is 1080 g/mol. The summed E-state index contributed by atoms with van der Waals surface area (Å²) in [5.74, 6) is 2.46. The molecule has 2 aliphatic carbocycles. The molecule has 4 bridgehead atoms. The fourth-order valence-electron chi connectivity index (χ4n) is 12.4. The summed E-state index contributed by atoms with van der Waals surface area (Å²) in [5, 5.41) is 11.5. The zero-order chi connectivity index (χ0) is 55.3. The molecule has 6 aromatic heterocycles. The predicted octanol–water partition coefficient (Wildman–Crippen LogP) is 7.29. The summed E-state index contributed by atoms with van der Waals surface area (Å²) in [4.78, 5) is 101. The number of ether oxygens (including phenoxy) is 1. The Bertz CT molecular complexity index is 3250. The van der Waals surface area contributed by atoms with E-state index in [2.05, 4.69) is 45.0 Å². The summed E-state index contributed by atoms with van der Waals surface area (Å²) in [6.07, 6.45) is 17.0. The van der Waals surface area contributed by atoms with Gasteiger partial charge in [-0.15, -0.1) is 0 Å². The van der Waals surface area contributed by atoms with Crippen molar-refractivity contribution in [2.24, 2.45) is 11.8 Å². The number of fused-ring (bicyclic) bond motifs is 6. The largest absolute Gasteiger partial charge is 0.444 e. The molecule has 3 N–H and O–H groups in total. The first-order chi connectivity index (χ1) is 37.9. The van der Waals surface area contributed by atoms with Crippen LogP contribution in [0.2, 0.25) is 0 Å². The van der Waals surface area contributed by atoms with Crippen LogP contribution in [-0.2, 0) is 4.74 Å². The second-order valence-electron chi connectivity index (χ2n) is 23.6. The number of anilines is 4. The van der Waals surface area contributed by atoms with Crippen LogP contribution in [-0.4, -0.2) is 178 Å². The Balaban J connectivity index is 0.000000170. The number of pyridine rings is 2. The van der Waals surface area contributed by atoms with Gasteiger partial charge in [-0.05, 0) is 108 Å². The van der Waals surface area contributed by atoms with Crippen molar-refractivity contribution in [2.45, 2.75) is 115 Å². The van der Waals surface area contributed by atoms with Crippen molar-refractivity contribution in [2.75, 3.05) is 78.1 Å². The van der Waals surface area contributed by atoms with Gasteiger partial charge in [-0.2, -0.15) is 9.97 Å². The van der Waals surface area contributed by atoms with Crippen molar-refractivity contribution >= 4 is 75.3 Å². The van der Waals surface area contributed by atoms with Crippen molar-refractivity contribution in [3.05, 3.63) is 83.7 Å².